The predicted molar refractivity (Wildman–Crippen MR) is 93.0 cm³/mol. The summed E-state index contributed by atoms with van der Waals surface area (Å²) in [4.78, 5) is 2.43. The standard InChI is InChI=1S/C18H28BNO3/c1-6-20-11-12-21-16(13-20)14-7-9-15(10-8-14)19-22-17(2,3)18(4,5)23-19/h7-10,16H,6,11-13H2,1-5H3. The van der Waals surface area contributed by atoms with Crippen LogP contribution in [0.1, 0.15) is 46.3 Å². The fourth-order valence-electron chi connectivity index (χ4n) is 3.04. The van der Waals surface area contributed by atoms with Crippen molar-refractivity contribution >= 4 is 12.6 Å². The van der Waals surface area contributed by atoms with Crippen LogP contribution >= 0.6 is 0 Å². The molecule has 0 radical (unpaired) electrons. The molecule has 2 fully saturated rings. The predicted octanol–water partition coefficient (Wildman–Crippen LogP) is 2.38. The van der Waals surface area contributed by atoms with E-state index in [4.69, 9.17) is 14.0 Å². The molecule has 1 aromatic rings. The number of nitrogens with zero attached hydrogens (tertiary/aromatic N) is 1. The van der Waals surface area contributed by atoms with Crippen molar-refractivity contribution in [3.8, 4) is 0 Å². The van der Waals surface area contributed by atoms with Crippen LogP contribution in [-0.4, -0.2) is 49.5 Å². The van der Waals surface area contributed by atoms with E-state index < -0.39 is 0 Å². The maximum atomic E-state index is 6.11. The van der Waals surface area contributed by atoms with Gasteiger partial charge in [-0.15, -0.1) is 0 Å². The number of hydrogen-bond donors (Lipinski definition) is 0. The topological polar surface area (TPSA) is 30.9 Å². The normalized spacial score (nSPS) is 27.3. The van der Waals surface area contributed by atoms with Crippen molar-refractivity contribution in [2.24, 2.45) is 0 Å². The molecule has 5 heteroatoms. The van der Waals surface area contributed by atoms with Crippen LogP contribution in [0.15, 0.2) is 24.3 Å². The van der Waals surface area contributed by atoms with Crippen LogP contribution in [0.3, 0.4) is 0 Å². The quantitative estimate of drug-likeness (QED) is 0.801. The summed E-state index contributed by atoms with van der Waals surface area (Å²) in [5, 5.41) is 0. The smallest absolute Gasteiger partial charge is 0.399 e. The molecule has 4 nitrogen and oxygen atoms in total. The van der Waals surface area contributed by atoms with Crippen LogP contribution in [0.4, 0.5) is 0 Å². The molecule has 126 valence electrons. The Kier molecular flexibility index (Phi) is 4.58. The van der Waals surface area contributed by atoms with E-state index in [1.807, 2.05) is 0 Å². The largest absolute Gasteiger partial charge is 0.494 e. The zero-order chi connectivity index (χ0) is 16.7. The van der Waals surface area contributed by atoms with Gasteiger partial charge in [-0.05, 0) is 45.3 Å². The number of ether oxygens (including phenoxy) is 1. The zero-order valence-electron chi connectivity index (χ0n) is 15.0. The highest BCUT2D eigenvalue weighted by atomic mass is 16.7. The molecule has 1 atom stereocenters. The minimum atomic E-state index is -0.301. The molecule has 1 unspecified atom stereocenters. The monoisotopic (exact) mass is 317 g/mol. The van der Waals surface area contributed by atoms with Gasteiger partial charge in [-0.25, -0.2) is 0 Å². The van der Waals surface area contributed by atoms with Gasteiger partial charge < -0.3 is 14.0 Å². The van der Waals surface area contributed by atoms with E-state index in [1.165, 1.54) is 5.56 Å². The minimum Gasteiger partial charge on any atom is -0.399 e. The molecule has 2 aliphatic heterocycles. The first-order valence-electron chi connectivity index (χ1n) is 8.62. The lowest BCUT2D eigenvalue weighted by Gasteiger charge is -2.32. The van der Waals surface area contributed by atoms with Gasteiger partial charge >= 0.3 is 7.12 Å². The van der Waals surface area contributed by atoms with Crippen LogP contribution < -0.4 is 5.46 Å². The van der Waals surface area contributed by atoms with Gasteiger partial charge in [0.2, 0.25) is 0 Å². The summed E-state index contributed by atoms with van der Waals surface area (Å²) in [6.45, 7) is 14.4. The highest BCUT2D eigenvalue weighted by Gasteiger charge is 2.51. The average molecular weight is 317 g/mol. The van der Waals surface area contributed by atoms with Crippen molar-refractivity contribution in [3.63, 3.8) is 0 Å². The maximum absolute atomic E-state index is 6.11. The molecule has 0 amide bonds. The Balaban J connectivity index is 1.71. The Hall–Kier alpha value is -0.875. The van der Waals surface area contributed by atoms with Gasteiger partial charge in [-0.2, -0.15) is 0 Å². The summed E-state index contributed by atoms with van der Waals surface area (Å²) in [6.07, 6.45) is 0.163. The van der Waals surface area contributed by atoms with Crippen molar-refractivity contribution in [3.05, 3.63) is 29.8 Å². The molecule has 23 heavy (non-hydrogen) atoms. The van der Waals surface area contributed by atoms with E-state index in [0.717, 1.165) is 31.7 Å². The van der Waals surface area contributed by atoms with Crippen LogP contribution in [-0.2, 0) is 14.0 Å². The Morgan fingerprint density at radius 3 is 2.26 bits per heavy atom. The number of benzene rings is 1. The van der Waals surface area contributed by atoms with E-state index in [-0.39, 0.29) is 24.4 Å². The van der Waals surface area contributed by atoms with Crippen LogP contribution in [0.2, 0.25) is 0 Å². The molecule has 0 aromatic heterocycles. The van der Waals surface area contributed by atoms with E-state index in [1.54, 1.807) is 0 Å². The highest BCUT2D eigenvalue weighted by Crippen LogP contribution is 2.36. The number of likely N-dealkylation sites (N-methyl/N-ethyl adjacent to an activating group) is 1. The van der Waals surface area contributed by atoms with Gasteiger partial charge in [0, 0.05) is 13.1 Å². The molecule has 1 aromatic carbocycles. The molecule has 2 heterocycles. The Labute approximate surface area is 140 Å². The van der Waals surface area contributed by atoms with Gasteiger partial charge in [0.25, 0.3) is 0 Å². The molecule has 0 spiro atoms. The van der Waals surface area contributed by atoms with Crippen LogP contribution in [0.5, 0.6) is 0 Å². The first-order chi connectivity index (χ1) is 10.8. The highest BCUT2D eigenvalue weighted by molar-refractivity contribution is 6.62. The summed E-state index contributed by atoms with van der Waals surface area (Å²) in [5.74, 6) is 0. The molecule has 2 saturated heterocycles. The van der Waals surface area contributed by atoms with Gasteiger partial charge in [0.15, 0.2) is 0 Å². The number of hydrogen-bond acceptors (Lipinski definition) is 4. The lowest BCUT2D eigenvalue weighted by Crippen LogP contribution is -2.41. The molecular formula is C18H28BNO3. The summed E-state index contributed by atoms with van der Waals surface area (Å²) >= 11 is 0. The SMILES string of the molecule is CCN1CCOC(c2ccc(B3OC(C)(C)C(C)(C)O3)cc2)C1. The third-order valence-electron chi connectivity index (χ3n) is 5.43. The zero-order valence-corrected chi connectivity index (χ0v) is 15.0. The molecular weight excluding hydrogens is 289 g/mol. The van der Waals surface area contributed by atoms with E-state index in [0.29, 0.717) is 0 Å². The van der Waals surface area contributed by atoms with Crippen molar-refractivity contribution in [2.75, 3.05) is 26.2 Å². The summed E-state index contributed by atoms with van der Waals surface area (Å²) in [6, 6.07) is 8.49. The second kappa shape index (κ2) is 6.21. The third-order valence-corrected chi connectivity index (χ3v) is 5.43. The minimum absolute atomic E-state index is 0.163. The molecule has 0 N–H and O–H groups in total. The fourth-order valence-corrected chi connectivity index (χ4v) is 3.04. The lowest BCUT2D eigenvalue weighted by molar-refractivity contribution is -0.0281. The first kappa shape index (κ1) is 17.0. The van der Waals surface area contributed by atoms with Crippen molar-refractivity contribution in [2.45, 2.75) is 51.9 Å². The van der Waals surface area contributed by atoms with Crippen molar-refractivity contribution in [1.82, 2.24) is 4.90 Å². The summed E-state index contributed by atoms with van der Waals surface area (Å²) in [5.41, 5.74) is 1.69. The lowest BCUT2D eigenvalue weighted by atomic mass is 9.78. The van der Waals surface area contributed by atoms with Gasteiger partial charge in [-0.3, -0.25) is 4.90 Å². The Bertz CT molecular complexity index is 528. The molecule has 0 saturated carbocycles. The summed E-state index contributed by atoms with van der Waals surface area (Å²) in [7, 11) is -0.298. The fraction of sp³-hybridized carbons (Fsp3) is 0.667. The third kappa shape index (κ3) is 3.34. The van der Waals surface area contributed by atoms with Gasteiger partial charge in [0.1, 0.15) is 0 Å². The van der Waals surface area contributed by atoms with Crippen LogP contribution in [0, 0.1) is 0 Å². The van der Waals surface area contributed by atoms with Crippen LogP contribution in [0.25, 0.3) is 0 Å². The second-order valence-corrected chi connectivity index (χ2v) is 7.51. The first-order valence-corrected chi connectivity index (χ1v) is 8.62. The van der Waals surface area contributed by atoms with Crippen molar-refractivity contribution in [1.29, 1.82) is 0 Å². The molecule has 3 rings (SSSR count). The molecule has 0 aliphatic carbocycles. The van der Waals surface area contributed by atoms with E-state index in [9.17, 15) is 0 Å². The second-order valence-electron chi connectivity index (χ2n) is 7.51. The van der Waals surface area contributed by atoms with Crippen molar-refractivity contribution < 1.29 is 14.0 Å². The summed E-state index contributed by atoms with van der Waals surface area (Å²) < 4.78 is 18.1. The van der Waals surface area contributed by atoms with E-state index in [2.05, 4.69) is 63.8 Å². The van der Waals surface area contributed by atoms with Gasteiger partial charge in [0.05, 0.1) is 23.9 Å². The number of rotatable bonds is 3. The molecule has 0 bridgehead atoms. The Morgan fingerprint density at radius 2 is 1.70 bits per heavy atom. The maximum Gasteiger partial charge on any atom is 0.494 e. The molecule has 2 aliphatic rings. The van der Waals surface area contributed by atoms with Gasteiger partial charge in [-0.1, -0.05) is 31.2 Å². The number of morpholine rings is 1. The Morgan fingerprint density at radius 1 is 1.09 bits per heavy atom. The van der Waals surface area contributed by atoms with E-state index >= 15 is 0 Å². The average Bonchev–Trinajstić information content (AvgIpc) is 2.76.